The average molecular weight is 523 g/mol. The van der Waals surface area contributed by atoms with E-state index >= 15 is 0 Å². The molecule has 1 aromatic carbocycles. The molecule has 0 saturated carbocycles. The Bertz CT molecular complexity index is 1050. The number of alkyl carbamates (subject to hydrolysis) is 1. The second kappa shape index (κ2) is 10.7. The fraction of sp³-hybridized carbons (Fsp3) is 0.545. The molecule has 0 bridgehead atoms. The van der Waals surface area contributed by atoms with Crippen LogP contribution in [-0.4, -0.2) is 70.9 Å². The number of carbonyl (C=O) groups excluding carboxylic acids is 2. The molecular formula is C22H27F6N5O3. The third-order valence-corrected chi connectivity index (χ3v) is 5.21. The van der Waals surface area contributed by atoms with Gasteiger partial charge in [-0.3, -0.25) is 15.6 Å². The Morgan fingerprint density at radius 3 is 2.28 bits per heavy atom. The summed E-state index contributed by atoms with van der Waals surface area (Å²) in [5.41, 5.74) is -1.81. The molecule has 2 rings (SSSR count). The predicted molar refractivity (Wildman–Crippen MR) is 117 cm³/mol. The SMILES string of the molecule is Cc1c(F)c(F)cc(CC(CC(=O)N2CCN(C(=N)C(F)(F)F)C(=N)C2)NC(=O)OC(C)(C)C)c1F. The molecule has 0 radical (unpaired) electrons. The van der Waals surface area contributed by atoms with Crippen molar-refractivity contribution in [2.45, 2.75) is 58.4 Å². The van der Waals surface area contributed by atoms with Gasteiger partial charge in [-0.25, -0.2) is 18.0 Å². The van der Waals surface area contributed by atoms with Gasteiger partial charge in [0.1, 0.15) is 17.3 Å². The Hall–Kier alpha value is -3.32. The first-order chi connectivity index (χ1) is 16.4. The molecule has 1 fully saturated rings. The molecule has 0 spiro atoms. The first-order valence-electron chi connectivity index (χ1n) is 10.8. The summed E-state index contributed by atoms with van der Waals surface area (Å²) in [7, 11) is 0. The minimum absolute atomic E-state index is 0.253. The minimum atomic E-state index is -4.96. The van der Waals surface area contributed by atoms with E-state index in [1.165, 1.54) is 0 Å². The van der Waals surface area contributed by atoms with Crippen molar-refractivity contribution in [1.82, 2.24) is 15.1 Å². The van der Waals surface area contributed by atoms with E-state index in [1.807, 2.05) is 0 Å². The highest BCUT2D eigenvalue weighted by Gasteiger charge is 2.42. The number of nitrogens with zero attached hydrogens (tertiary/aromatic N) is 2. The van der Waals surface area contributed by atoms with Crippen molar-refractivity contribution >= 4 is 23.7 Å². The number of benzene rings is 1. The number of nitrogens with one attached hydrogen (secondary N) is 3. The van der Waals surface area contributed by atoms with Crippen LogP contribution < -0.4 is 5.32 Å². The summed E-state index contributed by atoms with van der Waals surface area (Å²) in [5.74, 6) is -6.80. The number of hydrogen-bond acceptors (Lipinski definition) is 5. The Balaban J connectivity index is 2.20. The van der Waals surface area contributed by atoms with Gasteiger partial charge in [0.05, 0.1) is 6.54 Å². The monoisotopic (exact) mass is 523 g/mol. The van der Waals surface area contributed by atoms with Gasteiger partial charge in [-0.2, -0.15) is 13.2 Å². The molecule has 8 nitrogen and oxygen atoms in total. The van der Waals surface area contributed by atoms with Gasteiger partial charge in [0, 0.05) is 31.1 Å². The first-order valence-corrected chi connectivity index (χ1v) is 10.8. The van der Waals surface area contributed by atoms with E-state index in [2.05, 4.69) is 5.32 Å². The third-order valence-electron chi connectivity index (χ3n) is 5.21. The van der Waals surface area contributed by atoms with Gasteiger partial charge in [-0.1, -0.05) is 0 Å². The number of ether oxygens (including phenoxy) is 1. The van der Waals surface area contributed by atoms with Crippen LogP contribution in [0, 0.1) is 35.2 Å². The number of amidine groups is 2. The summed E-state index contributed by atoms with van der Waals surface area (Å²) in [6.45, 7) is 4.52. The number of amides is 2. The number of carbonyl (C=O) groups is 2. The number of rotatable bonds is 5. The second-order valence-corrected chi connectivity index (χ2v) is 9.28. The van der Waals surface area contributed by atoms with E-state index in [0.717, 1.165) is 11.8 Å². The Kier molecular flexibility index (Phi) is 8.63. The van der Waals surface area contributed by atoms with Crippen LogP contribution in [0.2, 0.25) is 0 Å². The van der Waals surface area contributed by atoms with Crippen molar-refractivity contribution in [1.29, 1.82) is 10.8 Å². The topological polar surface area (TPSA) is 110 Å². The van der Waals surface area contributed by atoms with Crippen molar-refractivity contribution in [2.75, 3.05) is 19.6 Å². The Labute approximate surface area is 203 Å². The van der Waals surface area contributed by atoms with Crippen LogP contribution in [0.4, 0.5) is 31.1 Å². The van der Waals surface area contributed by atoms with Gasteiger partial charge in [0.25, 0.3) is 0 Å². The molecule has 0 aromatic heterocycles. The molecule has 3 N–H and O–H groups in total. The van der Waals surface area contributed by atoms with Gasteiger partial charge < -0.3 is 19.9 Å². The fourth-order valence-corrected chi connectivity index (χ4v) is 3.51. The summed E-state index contributed by atoms with van der Waals surface area (Å²) in [4.78, 5) is 26.7. The van der Waals surface area contributed by atoms with Crippen molar-refractivity contribution < 1.29 is 40.7 Å². The summed E-state index contributed by atoms with van der Waals surface area (Å²) in [6, 6.07) is -0.546. The maximum atomic E-state index is 14.6. The van der Waals surface area contributed by atoms with Crippen molar-refractivity contribution in [2.24, 2.45) is 0 Å². The minimum Gasteiger partial charge on any atom is -0.444 e. The standard InChI is InChI=1S/C22H27F6N5O3/c1-11-17(24)12(8-14(23)18(11)25)7-13(31-20(35)36-21(2,3)4)9-16(34)32-5-6-33(15(29)10-32)19(30)22(26,27)28/h8,13,29-30H,5-7,9-10H2,1-4H3,(H,31,35). The van der Waals surface area contributed by atoms with E-state index in [0.29, 0.717) is 11.0 Å². The zero-order valence-corrected chi connectivity index (χ0v) is 20.1. The quantitative estimate of drug-likeness (QED) is 0.235. The van der Waals surface area contributed by atoms with Crippen LogP contribution in [0.3, 0.4) is 0 Å². The predicted octanol–water partition coefficient (Wildman–Crippen LogP) is 3.90. The van der Waals surface area contributed by atoms with E-state index < -0.39 is 90.4 Å². The van der Waals surface area contributed by atoms with Crippen molar-refractivity contribution in [3.8, 4) is 0 Å². The van der Waals surface area contributed by atoms with E-state index in [1.54, 1.807) is 20.8 Å². The molecule has 1 unspecified atom stereocenters. The maximum Gasteiger partial charge on any atom is 0.449 e. The van der Waals surface area contributed by atoms with Crippen LogP contribution in [0.1, 0.15) is 38.3 Å². The highest BCUT2D eigenvalue weighted by Crippen LogP contribution is 2.23. The van der Waals surface area contributed by atoms with Crippen LogP contribution in [0.15, 0.2) is 6.07 Å². The molecule has 1 atom stereocenters. The fourth-order valence-electron chi connectivity index (χ4n) is 3.51. The molecule has 1 aliphatic rings. The smallest absolute Gasteiger partial charge is 0.444 e. The van der Waals surface area contributed by atoms with Crippen molar-refractivity contribution in [3.63, 3.8) is 0 Å². The first kappa shape index (κ1) is 28.9. The van der Waals surface area contributed by atoms with Crippen LogP contribution in [0.25, 0.3) is 0 Å². The number of hydrogen-bond donors (Lipinski definition) is 3. The Morgan fingerprint density at radius 2 is 1.75 bits per heavy atom. The molecule has 36 heavy (non-hydrogen) atoms. The van der Waals surface area contributed by atoms with E-state index in [9.17, 15) is 35.9 Å². The summed E-state index contributed by atoms with van der Waals surface area (Å²) in [5, 5.41) is 17.4. The molecule has 200 valence electrons. The molecule has 2 amide bonds. The average Bonchev–Trinajstić information content (AvgIpc) is 2.73. The lowest BCUT2D eigenvalue weighted by molar-refractivity contribution is -0.131. The highest BCUT2D eigenvalue weighted by molar-refractivity contribution is 6.03. The van der Waals surface area contributed by atoms with Gasteiger partial charge >= 0.3 is 12.3 Å². The van der Waals surface area contributed by atoms with Gasteiger partial charge in [-0.05, 0) is 45.7 Å². The molecule has 1 heterocycles. The molecule has 0 aliphatic carbocycles. The van der Waals surface area contributed by atoms with Crippen LogP contribution in [0.5, 0.6) is 0 Å². The molecule has 1 saturated heterocycles. The van der Waals surface area contributed by atoms with Gasteiger partial charge in [-0.15, -0.1) is 0 Å². The molecule has 1 aromatic rings. The number of alkyl halides is 3. The zero-order chi connectivity index (χ0) is 27.6. The lowest BCUT2D eigenvalue weighted by atomic mass is 9.99. The zero-order valence-electron chi connectivity index (χ0n) is 20.1. The third kappa shape index (κ3) is 7.34. The highest BCUT2D eigenvalue weighted by atomic mass is 19.4. The van der Waals surface area contributed by atoms with Crippen LogP contribution in [-0.2, 0) is 16.0 Å². The largest absolute Gasteiger partial charge is 0.449 e. The number of piperazine rings is 1. The van der Waals surface area contributed by atoms with Crippen LogP contribution >= 0.6 is 0 Å². The lowest BCUT2D eigenvalue weighted by Gasteiger charge is -2.37. The number of halogens is 6. The van der Waals surface area contributed by atoms with Crippen molar-refractivity contribution in [3.05, 3.63) is 34.6 Å². The maximum absolute atomic E-state index is 14.6. The van der Waals surface area contributed by atoms with E-state index in [4.69, 9.17) is 15.6 Å². The summed E-state index contributed by atoms with van der Waals surface area (Å²) < 4.78 is 85.7. The van der Waals surface area contributed by atoms with Gasteiger partial charge in [0.15, 0.2) is 11.6 Å². The lowest BCUT2D eigenvalue weighted by Crippen LogP contribution is -2.57. The van der Waals surface area contributed by atoms with Gasteiger partial charge in [0.2, 0.25) is 11.7 Å². The Morgan fingerprint density at radius 1 is 1.14 bits per heavy atom. The molecule has 1 aliphatic heterocycles. The normalized spacial score (nSPS) is 15.6. The second-order valence-electron chi connectivity index (χ2n) is 9.28. The summed E-state index contributed by atoms with van der Waals surface area (Å²) in [6.07, 6.45) is -6.85. The molecule has 14 heteroatoms. The van der Waals surface area contributed by atoms with E-state index in [-0.39, 0.29) is 12.1 Å². The molecular weight excluding hydrogens is 496 g/mol. The summed E-state index contributed by atoms with van der Waals surface area (Å²) >= 11 is 0.